The summed E-state index contributed by atoms with van der Waals surface area (Å²) in [5.74, 6) is 0. The van der Waals surface area contributed by atoms with Crippen LogP contribution < -0.4 is 5.73 Å². The quantitative estimate of drug-likeness (QED) is 0.732. The van der Waals surface area contributed by atoms with Crippen LogP contribution in [0, 0.1) is 0 Å². The summed E-state index contributed by atoms with van der Waals surface area (Å²) in [6.45, 7) is 2.86. The van der Waals surface area contributed by atoms with Gasteiger partial charge in [-0.2, -0.15) is 0 Å². The zero-order chi connectivity index (χ0) is 9.68. The Morgan fingerprint density at radius 3 is 2.77 bits per heavy atom. The average molecular weight is 181 g/mol. The molecule has 0 amide bonds. The first kappa shape index (κ1) is 10.3. The van der Waals surface area contributed by atoms with E-state index in [0.29, 0.717) is 6.54 Å². The minimum Gasteiger partial charge on any atom is -0.354 e. The molecule has 3 nitrogen and oxygen atoms in total. The van der Waals surface area contributed by atoms with Crippen LogP contribution in [0.4, 0.5) is 0 Å². The Morgan fingerprint density at radius 1 is 1.46 bits per heavy atom. The number of nitrogens with two attached hydrogens (primary N) is 1. The Kier molecular flexibility index (Phi) is 3.99. The molecule has 0 aliphatic carbocycles. The van der Waals surface area contributed by atoms with E-state index in [-0.39, 0.29) is 0 Å². The van der Waals surface area contributed by atoms with E-state index in [2.05, 4.69) is 42.0 Å². The molecule has 74 valence electrons. The molecule has 13 heavy (non-hydrogen) atoms. The van der Waals surface area contributed by atoms with Gasteiger partial charge in [-0.3, -0.25) is 0 Å². The summed E-state index contributed by atoms with van der Waals surface area (Å²) in [6.07, 6.45) is 5.40. The minimum atomic E-state index is 0.640. The van der Waals surface area contributed by atoms with Crippen LogP contribution in [0.1, 0.15) is 12.0 Å². The molecular weight excluding hydrogens is 162 g/mol. The van der Waals surface area contributed by atoms with Crippen LogP contribution in [-0.2, 0) is 13.1 Å². The largest absolute Gasteiger partial charge is 0.354 e. The highest BCUT2D eigenvalue weighted by atomic mass is 15.1. The summed E-state index contributed by atoms with van der Waals surface area (Å²) in [5.41, 5.74) is 6.73. The lowest BCUT2D eigenvalue weighted by Crippen LogP contribution is -2.14. The number of hydrogen-bond donors (Lipinski definition) is 1. The van der Waals surface area contributed by atoms with E-state index in [0.717, 1.165) is 13.1 Å². The zero-order valence-corrected chi connectivity index (χ0v) is 8.53. The SMILES string of the molecule is CN(C)CCCn1ccc(CN)c1. The van der Waals surface area contributed by atoms with Gasteiger partial charge in [-0.15, -0.1) is 0 Å². The monoisotopic (exact) mass is 181 g/mol. The van der Waals surface area contributed by atoms with Crippen LogP contribution in [0.15, 0.2) is 18.5 Å². The number of aryl methyl sites for hydroxylation is 1. The molecule has 2 N–H and O–H groups in total. The van der Waals surface area contributed by atoms with E-state index in [1.165, 1.54) is 12.0 Å². The van der Waals surface area contributed by atoms with Gasteiger partial charge in [0.2, 0.25) is 0 Å². The Bertz CT molecular complexity index is 240. The third kappa shape index (κ3) is 3.61. The molecule has 0 aliphatic heterocycles. The lowest BCUT2D eigenvalue weighted by atomic mass is 10.3. The van der Waals surface area contributed by atoms with Gasteiger partial charge in [0.15, 0.2) is 0 Å². The molecule has 0 aromatic carbocycles. The number of aromatic nitrogens is 1. The number of rotatable bonds is 5. The van der Waals surface area contributed by atoms with Gasteiger partial charge in [0, 0.05) is 25.5 Å². The van der Waals surface area contributed by atoms with Gasteiger partial charge in [0.25, 0.3) is 0 Å². The average Bonchev–Trinajstić information content (AvgIpc) is 2.52. The number of nitrogens with zero attached hydrogens (tertiary/aromatic N) is 2. The van der Waals surface area contributed by atoms with Crippen molar-refractivity contribution in [2.45, 2.75) is 19.5 Å². The highest BCUT2D eigenvalue weighted by Crippen LogP contribution is 2.01. The second-order valence-corrected chi connectivity index (χ2v) is 3.62. The van der Waals surface area contributed by atoms with Crippen LogP contribution in [-0.4, -0.2) is 30.1 Å². The smallest absolute Gasteiger partial charge is 0.0231 e. The second-order valence-electron chi connectivity index (χ2n) is 3.62. The predicted octanol–water partition coefficient (Wildman–Crippen LogP) is 0.898. The molecule has 1 aromatic heterocycles. The van der Waals surface area contributed by atoms with Crippen LogP contribution in [0.3, 0.4) is 0 Å². The van der Waals surface area contributed by atoms with E-state index in [1.54, 1.807) is 0 Å². The molecule has 0 fully saturated rings. The van der Waals surface area contributed by atoms with E-state index in [4.69, 9.17) is 5.73 Å². The maximum atomic E-state index is 5.52. The van der Waals surface area contributed by atoms with E-state index >= 15 is 0 Å². The summed E-state index contributed by atoms with van der Waals surface area (Å²) in [4.78, 5) is 2.20. The second kappa shape index (κ2) is 5.04. The highest BCUT2D eigenvalue weighted by Gasteiger charge is 1.95. The highest BCUT2D eigenvalue weighted by molar-refractivity contribution is 5.09. The Labute approximate surface area is 80.1 Å². The molecule has 0 bridgehead atoms. The van der Waals surface area contributed by atoms with Crippen molar-refractivity contribution in [3.8, 4) is 0 Å². The first-order chi connectivity index (χ1) is 6.22. The van der Waals surface area contributed by atoms with Crippen molar-refractivity contribution in [1.29, 1.82) is 0 Å². The van der Waals surface area contributed by atoms with Gasteiger partial charge in [-0.05, 0) is 38.7 Å². The Balaban J connectivity index is 2.28. The summed E-state index contributed by atoms with van der Waals surface area (Å²) >= 11 is 0. The van der Waals surface area contributed by atoms with Gasteiger partial charge < -0.3 is 15.2 Å². The van der Waals surface area contributed by atoms with Gasteiger partial charge in [0.1, 0.15) is 0 Å². The van der Waals surface area contributed by atoms with E-state index < -0.39 is 0 Å². The lowest BCUT2D eigenvalue weighted by molar-refractivity contribution is 0.386. The Hall–Kier alpha value is -0.800. The summed E-state index contributed by atoms with van der Waals surface area (Å²) in [6, 6.07) is 2.08. The van der Waals surface area contributed by atoms with Crippen LogP contribution in [0.5, 0.6) is 0 Å². The lowest BCUT2D eigenvalue weighted by Gasteiger charge is -2.09. The maximum Gasteiger partial charge on any atom is 0.0231 e. The van der Waals surface area contributed by atoms with Gasteiger partial charge in [-0.25, -0.2) is 0 Å². The third-order valence-electron chi connectivity index (χ3n) is 2.07. The van der Waals surface area contributed by atoms with Crippen LogP contribution in [0.25, 0.3) is 0 Å². The van der Waals surface area contributed by atoms with Gasteiger partial charge in [-0.1, -0.05) is 0 Å². The molecule has 0 unspecified atom stereocenters. The normalized spacial score (nSPS) is 11.1. The van der Waals surface area contributed by atoms with Crippen molar-refractivity contribution in [3.63, 3.8) is 0 Å². The zero-order valence-electron chi connectivity index (χ0n) is 8.53. The fourth-order valence-corrected chi connectivity index (χ4v) is 1.32. The fourth-order valence-electron chi connectivity index (χ4n) is 1.32. The van der Waals surface area contributed by atoms with Crippen molar-refractivity contribution in [2.75, 3.05) is 20.6 Å². The molecule has 0 saturated carbocycles. The number of hydrogen-bond acceptors (Lipinski definition) is 2. The van der Waals surface area contributed by atoms with Crippen LogP contribution in [0.2, 0.25) is 0 Å². The summed E-state index contributed by atoms with van der Waals surface area (Å²) < 4.78 is 2.20. The molecule has 1 rings (SSSR count). The third-order valence-corrected chi connectivity index (χ3v) is 2.07. The van der Waals surface area contributed by atoms with Crippen molar-refractivity contribution in [1.82, 2.24) is 9.47 Å². The van der Waals surface area contributed by atoms with E-state index in [1.807, 2.05) is 0 Å². The molecular formula is C10H19N3. The summed E-state index contributed by atoms with van der Waals surface area (Å²) in [5, 5.41) is 0. The molecule has 0 aliphatic rings. The first-order valence-electron chi connectivity index (χ1n) is 4.72. The van der Waals surface area contributed by atoms with Gasteiger partial charge in [0.05, 0.1) is 0 Å². The summed E-state index contributed by atoms with van der Waals surface area (Å²) in [7, 11) is 4.20. The molecule has 0 radical (unpaired) electrons. The molecule has 1 heterocycles. The van der Waals surface area contributed by atoms with Crippen molar-refractivity contribution >= 4 is 0 Å². The van der Waals surface area contributed by atoms with Gasteiger partial charge >= 0.3 is 0 Å². The maximum absolute atomic E-state index is 5.52. The first-order valence-corrected chi connectivity index (χ1v) is 4.72. The predicted molar refractivity (Wildman–Crippen MR) is 55.5 cm³/mol. The molecule has 1 aromatic rings. The van der Waals surface area contributed by atoms with E-state index in [9.17, 15) is 0 Å². The Morgan fingerprint density at radius 2 is 2.23 bits per heavy atom. The molecule has 0 atom stereocenters. The topological polar surface area (TPSA) is 34.2 Å². The fraction of sp³-hybridized carbons (Fsp3) is 0.600. The van der Waals surface area contributed by atoms with Crippen molar-refractivity contribution in [3.05, 3.63) is 24.0 Å². The van der Waals surface area contributed by atoms with Crippen LogP contribution >= 0.6 is 0 Å². The van der Waals surface area contributed by atoms with Crippen molar-refractivity contribution in [2.24, 2.45) is 5.73 Å². The molecule has 3 heteroatoms. The molecule has 0 spiro atoms. The molecule has 0 saturated heterocycles. The van der Waals surface area contributed by atoms with Crippen molar-refractivity contribution < 1.29 is 0 Å². The standard InChI is InChI=1S/C10H19N3/c1-12(2)5-3-6-13-7-4-10(8-11)9-13/h4,7,9H,3,5-6,8,11H2,1-2H3. The minimum absolute atomic E-state index is 0.640.